The van der Waals surface area contributed by atoms with Crippen molar-refractivity contribution in [2.75, 3.05) is 20.1 Å². The van der Waals surface area contributed by atoms with Crippen molar-refractivity contribution < 1.29 is 17.6 Å². The Kier molecular flexibility index (Phi) is 5.28. The van der Waals surface area contributed by atoms with Crippen LogP contribution in [0.25, 0.3) is 11.3 Å². The highest BCUT2D eigenvalue weighted by Crippen LogP contribution is 2.39. The first-order valence-electron chi connectivity index (χ1n) is 6.71. The monoisotopic (exact) mass is 350 g/mol. The average Bonchev–Trinajstić information content (AvgIpc) is 2.88. The van der Waals surface area contributed by atoms with E-state index in [1.807, 2.05) is 11.9 Å². The maximum atomic E-state index is 13.8. The molecule has 0 fully saturated rings. The van der Waals surface area contributed by atoms with Gasteiger partial charge in [0.2, 0.25) is 0 Å². The summed E-state index contributed by atoms with van der Waals surface area (Å²) < 4.78 is 52.7. The number of benzene rings is 1. The van der Waals surface area contributed by atoms with Gasteiger partial charge in [0.15, 0.2) is 0 Å². The molecule has 3 N–H and O–H groups in total. The molecule has 0 atom stereocenters. The lowest BCUT2D eigenvalue weighted by Crippen LogP contribution is -2.25. The number of halogens is 5. The fourth-order valence-corrected chi connectivity index (χ4v) is 2.43. The zero-order valence-corrected chi connectivity index (χ0v) is 13.0. The highest BCUT2D eigenvalue weighted by molar-refractivity contribution is 6.31. The van der Waals surface area contributed by atoms with Crippen molar-refractivity contribution in [2.24, 2.45) is 5.73 Å². The first-order valence-corrected chi connectivity index (χ1v) is 7.09. The highest BCUT2D eigenvalue weighted by Gasteiger charge is 2.35. The smallest absolute Gasteiger partial charge is 0.329 e. The van der Waals surface area contributed by atoms with Crippen LogP contribution in [0.15, 0.2) is 18.3 Å². The van der Waals surface area contributed by atoms with Crippen molar-refractivity contribution in [1.29, 1.82) is 0 Å². The molecule has 0 aliphatic rings. The molecule has 1 heterocycles. The van der Waals surface area contributed by atoms with Crippen molar-refractivity contribution in [1.82, 2.24) is 15.1 Å². The molecule has 9 heteroatoms. The van der Waals surface area contributed by atoms with Crippen LogP contribution < -0.4 is 5.73 Å². The van der Waals surface area contributed by atoms with Gasteiger partial charge >= 0.3 is 6.18 Å². The second-order valence-corrected chi connectivity index (χ2v) is 5.49. The van der Waals surface area contributed by atoms with E-state index in [4.69, 9.17) is 17.3 Å². The van der Waals surface area contributed by atoms with E-state index in [0.717, 1.165) is 12.1 Å². The molecule has 0 aliphatic carbocycles. The Morgan fingerprint density at radius 2 is 2.04 bits per heavy atom. The maximum Gasteiger partial charge on any atom is 0.417 e. The van der Waals surface area contributed by atoms with Crippen LogP contribution in [0.5, 0.6) is 0 Å². The lowest BCUT2D eigenvalue weighted by atomic mass is 10.0. The third-order valence-corrected chi connectivity index (χ3v) is 3.68. The molecule has 126 valence electrons. The van der Waals surface area contributed by atoms with Crippen LogP contribution in [0, 0.1) is 5.82 Å². The van der Waals surface area contributed by atoms with Gasteiger partial charge in [-0.25, -0.2) is 4.39 Å². The standard InChI is InChI=1S/C14H15ClF4N4/c1-23(3-2-20)7-9-6-21-22-13(9)8-4-10(14(17,18)19)12(15)11(16)5-8/h4-6H,2-3,7,20H2,1H3,(H,21,22). The molecular formula is C14H15ClF4N4. The number of nitrogens with zero attached hydrogens (tertiary/aromatic N) is 2. The molecule has 23 heavy (non-hydrogen) atoms. The Morgan fingerprint density at radius 3 is 2.65 bits per heavy atom. The summed E-state index contributed by atoms with van der Waals surface area (Å²) in [7, 11) is 1.81. The first-order chi connectivity index (χ1) is 10.7. The zero-order valence-electron chi connectivity index (χ0n) is 12.2. The Labute approximate surface area is 135 Å². The quantitative estimate of drug-likeness (QED) is 0.814. The average molecular weight is 351 g/mol. The third-order valence-electron chi connectivity index (χ3n) is 3.29. The number of aromatic amines is 1. The Morgan fingerprint density at radius 1 is 1.35 bits per heavy atom. The molecule has 1 aromatic heterocycles. The maximum absolute atomic E-state index is 13.8. The van der Waals surface area contributed by atoms with Gasteiger partial charge in [0.1, 0.15) is 5.82 Å². The summed E-state index contributed by atoms with van der Waals surface area (Å²) in [4.78, 5) is 1.88. The number of aromatic nitrogens is 2. The fraction of sp³-hybridized carbons (Fsp3) is 0.357. The van der Waals surface area contributed by atoms with E-state index in [1.54, 1.807) is 0 Å². The van der Waals surface area contributed by atoms with Gasteiger partial charge in [-0.2, -0.15) is 18.3 Å². The lowest BCUT2D eigenvalue weighted by Gasteiger charge is -2.16. The molecule has 4 nitrogen and oxygen atoms in total. The summed E-state index contributed by atoms with van der Waals surface area (Å²) in [5.74, 6) is -1.13. The molecule has 0 amide bonds. The minimum absolute atomic E-state index is 0.0351. The number of alkyl halides is 3. The van der Waals surface area contributed by atoms with Gasteiger partial charge in [0.05, 0.1) is 22.5 Å². The van der Waals surface area contributed by atoms with Crippen LogP contribution >= 0.6 is 11.6 Å². The van der Waals surface area contributed by atoms with E-state index < -0.39 is 22.6 Å². The Balaban J connectivity index is 2.44. The van der Waals surface area contributed by atoms with Gasteiger partial charge in [0.25, 0.3) is 0 Å². The van der Waals surface area contributed by atoms with Crippen LogP contribution in [0.2, 0.25) is 5.02 Å². The van der Waals surface area contributed by atoms with E-state index in [9.17, 15) is 17.6 Å². The molecule has 0 spiro atoms. The topological polar surface area (TPSA) is 57.9 Å². The molecule has 0 saturated carbocycles. The summed E-state index contributed by atoms with van der Waals surface area (Å²) >= 11 is 5.43. The molecule has 2 rings (SSSR count). The minimum atomic E-state index is -4.75. The van der Waals surface area contributed by atoms with E-state index in [1.165, 1.54) is 6.20 Å². The van der Waals surface area contributed by atoms with Gasteiger partial charge < -0.3 is 10.6 Å². The molecular weight excluding hydrogens is 336 g/mol. The van der Waals surface area contributed by atoms with Crippen LogP contribution in [0.3, 0.4) is 0 Å². The third kappa shape index (κ3) is 4.01. The van der Waals surface area contributed by atoms with E-state index >= 15 is 0 Å². The highest BCUT2D eigenvalue weighted by atomic mass is 35.5. The second-order valence-electron chi connectivity index (χ2n) is 5.11. The largest absolute Gasteiger partial charge is 0.417 e. The van der Waals surface area contributed by atoms with Crippen molar-refractivity contribution in [3.8, 4) is 11.3 Å². The van der Waals surface area contributed by atoms with Crippen molar-refractivity contribution in [3.05, 3.63) is 40.3 Å². The van der Waals surface area contributed by atoms with Crippen molar-refractivity contribution in [3.63, 3.8) is 0 Å². The van der Waals surface area contributed by atoms with Crippen molar-refractivity contribution in [2.45, 2.75) is 12.7 Å². The van der Waals surface area contributed by atoms with Gasteiger partial charge in [-0.1, -0.05) is 11.6 Å². The van der Waals surface area contributed by atoms with E-state index in [2.05, 4.69) is 10.2 Å². The molecule has 2 aromatic rings. The fourth-order valence-electron chi connectivity index (χ4n) is 2.21. The number of rotatable bonds is 5. The van der Waals surface area contributed by atoms with E-state index in [-0.39, 0.29) is 5.56 Å². The number of hydrogen-bond donors (Lipinski definition) is 2. The van der Waals surface area contributed by atoms with Gasteiger partial charge in [-0.05, 0) is 19.2 Å². The minimum Gasteiger partial charge on any atom is -0.329 e. The predicted molar refractivity (Wildman–Crippen MR) is 79.4 cm³/mol. The molecule has 0 saturated heterocycles. The SMILES string of the molecule is CN(CCN)Cc1cn[nH]c1-c1cc(F)c(Cl)c(C(F)(F)F)c1. The molecule has 0 aliphatic heterocycles. The van der Waals surface area contributed by atoms with E-state index in [0.29, 0.717) is 30.9 Å². The summed E-state index contributed by atoms with van der Waals surface area (Å²) in [6.45, 7) is 1.46. The molecule has 0 bridgehead atoms. The lowest BCUT2D eigenvalue weighted by molar-refractivity contribution is -0.137. The van der Waals surface area contributed by atoms with Gasteiger partial charge in [-0.15, -0.1) is 0 Å². The number of H-pyrrole nitrogens is 1. The number of hydrogen-bond acceptors (Lipinski definition) is 3. The summed E-state index contributed by atoms with van der Waals surface area (Å²) in [5.41, 5.74) is 5.22. The van der Waals surface area contributed by atoms with Crippen LogP contribution in [-0.2, 0) is 12.7 Å². The van der Waals surface area contributed by atoms with Crippen LogP contribution in [0.4, 0.5) is 17.6 Å². The predicted octanol–water partition coefficient (Wildman–Crippen LogP) is 3.28. The summed E-state index contributed by atoms with van der Waals surface area (Å²) in [6.07, 6.45) is -3.26. The Hall–Kier alpha value is -1.64. The van der Waals surface area contributed by atoms with Gasteiger partial charge in [0, 0.05) is 30.8 Å². The van der Waals surface area contributed by atoms with Crippen molar-refractivity contribution >= 4 is 11.6 Å². The van der Waals surface area contributed by atoms with Crippen LogP contribution in [0.1, 0.15) is 11.1 Å². The summed E-state index contributed by atoms with van der Waals surface area (Å²) in [6, 6.07) is 1.77. The summed E-state index contributed by atoms with van der Waals surface area (Å²) in [5, 5.41) is 5.50. The van der Waals surface area contributed by atoms with Crippen LogP contribution in [-0.4, -0.2) is 35.2 Å². The zero-order chi connectivity index (χ0) is 17.2. The number of nitrogens with one attached hydrogen (secondary N) is 1. The normalized spacial score (nSPS) is 12.2. The number of likely N-dealkylation sites (N-methyl/N-ethyl adjacent to an activating group) is 1. The molecule has 0 radical (unpaired) electrons. The first kappa shape index (κ1) is 17.7. The second kappa shape index (κ2) is 6.86. The number of nitrogens with two attached hydrogens (primary N) is 1. The molecule has 1 aromatic carbocycles. The Bertz CT molecular complexity index is 684. The van der Waals surface area contributed by atoms with Gasteiger partial charge in [-0.3, -0.25) is 5.10 Å². The molecule has 0 unspecified atom stereocenters.